The molecule has 3 fully saturated rings. The standard InChI is InChI=1S/3C14H19NO.C7H14.C2H6/c1-10(2)12-5-7-13(8-6-12)15-11(3)4-9-14(15)16;1-10(2)11-4-6-12(7-5-11)13-8-14(16)15(3)9-13;1-10(2)11-4-6-12(7-5-11)13-8-9-14(16)15(13)3;1-5-7(4)6(2)3;1-2/h5-8,10-11H,4,9H2,1-3H3;2*4-7,10,13H,8-9H2,1-3H3;5-7H,1H2,2-4H3;1-2H3. The van der Waals surface area contributed by atoms with Gasteiger partial charge in [0.2, 0.25) is 17.7 Å². The number of rotatable bonds is 8. The second-order valence-corrected chi connectivity index (χ2v) is 17.1. The minimum Gasteiger partial charge on any atom is -0.345 e. The first kappa shape index (κ1) is 49.0. The van der Waals surface area contributed by atoms with E-state index < -0.39 is 0 Å². The van der Waals surface area contributed by atoms with Crippen LogP contribution in [0.4, 0.5) is 5.69 Å². The Morgan fingerprint density at radius 3 is 1.37 bits per heavy atom. The summed E-state index contributed by atoms with van der Waals surface area (Å²) < 4.78 is 0. The van der Waals surface area contributed by atoms with Crippen molar-refractivity contribution < 1.29 is 14.4 Å². The van der Waals surface area contributed by atoms with E-state index in [9.17, 15) is 14.4 Å². The summed E-state index contributed by atoms with van der Waals surface area (Å²) in [4.78, 5) is 40.3. The Kier molecular flexibility index (Phi) is 20.5. The van der Waals surface area contributed by atoms with Gasteiger partial charge in [-0.15, -0.1) is 6.58 Å². The molecule has 0 N–H and O–H groups in total. The van der Waals surface area contributed by atoms with Crippen LogP contribution in [-0.4, -0.2) is 54.2 Å². The van der Waals surface area contributed by atoms with Gasteiger partial charge in [0.1, 0.15) is 0 Å². The Hall–Kier alpha value is -4.19. The molecular formula is C51H77N3O3. The molecule has 4 unspecified atom stereocenters. The molecule has 0 radical (unpaired) electrons. The molecule has 3 heterocycles. The third-order valence-corrected chi connectivity index (χ3v) is 11.6. The van der Waals surface area contributed by atoms with E-state index in [0.717, 1.165) is 31.0 Å². The molecular weight excluding hydrogens is 703 g/mol. The fourth-order valence-electron chi connectivity index (χ4n) is 7.06. The van der Waals surface area contributed by atoms with Crippen LogP contribution in [0.25, 0.3) is 0 Å². The topological polar surface area (TPSA) is 60.9 Å². The summed E-state index contributed by atoms with van der Waals surface area (Å²) in [5.74, 6) is 4.26. The van der Waals surface area contributed by atoms with Gasteiger partial charge < -0.3 is 14.7 Å². The average molecular weight is 780 g/mol. The van der Waals surface area contributed by atoms with Crippen LogP contribution in [0.5, 0.6) is 0 Å². The summed E-state index contributed by atoms with van der Waals surface area (Å²) >= 11 is 0. The van der Waals surface area contributed by atoms with Crippen LogP contribution in [0.15, 0.2) is 85.5 Å². The van der Waals surface area contributed by atoms with Crippen molar-refractivity contribution in [3.63, 3.8) is 0 Å². The van der Waals surface area contributed by atoms with Crippen molar-refractivity contribution in [3.05, 3.63) is 113 Å². The van der Waals surface area contributed by atoms with Gasteiger partial charge in [-0.25, -0.2) is 0 Å². The normalized spacial score (nSPS) is 19.4. The predicted octanol–water partition coefficient (Wildman–Crippen LogP) is 12.7. The number of benzene rings is 3. The number of likely N-dealkylation sites (tertiary alicyclic amines) is 2. The van der Waals surface area contributed by atoms with E-state index in [2.05, 4.69) is 149 Å². The first-order chi connectivity index (χ1) is 26.9. The molecule has 6 nitrogen and oxygen atoms in total. The molecule has 3 aliphatic heterocycles. The lowest BCUT2D eigenvalue weighted by atomic mass is 9.95. The van der Waals surface area contributed by atoms with Crippen molar-refractivity contribution in [1.29, 1.82) is 0 Å². The van der Waals surface area contributed by atoms with Crippen LogP contribution < -0.4 is 4.90 Å². The van der Waals surface area contributed by atoms with Gasteiger partial charge in [-0.3, -0.25) is 14.4 Å². The Labute approximate surface area is 348 Å². The van der Waals surface area contributed by atoms with Crippen molar-refractivity contribution in [3.8, 4) is 0 Å². The van der Waals surface area contributed by atoms with E-state index >= 15 is 0 Å². The van der Waals surface area contributed by atoms with Gasteiger partial charge >= 0.3 is 0 Å². The van der Waals surface area contributed by atoms with Gasteiger partial charge in [-0.2, -0.15) is 0 Å². The first-order valence-electron chi connectivity index (χ1n) is 21.7. The van der Waals surface area contributed by atoms with Crippen LogP contribution in [0.2, 0.25) is 0 Å². The number of amides is 3. The van der Waals surface area contributed by atoms with Gasteiger partial charge in [-0.05, 0) is 89.3 Å². The minimum absolute atomic E-state index is 0.254. The number of hydrogen-bond donors (Lipinski definition) is 0. The molecule has 0 aromatic heterocycles. The predicted molar refractivity (Wildman–Crippen MR) is 243 cm³/mol. The Bertz CT molecular complexity index is 1660. The van der Waals surface area contributed by atoms with Gasteiger partial charge in [0.25, 0.3) is 0 Å². The van der Waals surface area contributed by atoms with Gasteiger partial charge in [0.05, 0.1) is 6.04 Å². The molecule has 314 valence electrons. The molecule has 0 spiro atoms. The second kappa shape index (κ2) is 23.9. The average Bonchev–Trinajstić information content (AvgIpc) is 3.85. The van der Waals surface area contributed by atoms with Gasteiger partial charge in [0.15, 0.2) is 0 Å². The lowest BCUT2D eigenvalue weighted by Gasteiger charge is -2.22. The van der Waals surface area contributed by atoms with Crippen LogP contribution >= 0.6 is 0 Å². The molecule has 6 heteroatoms. The van der Waals surface area contributed by atoms with E-state index in [4.69, 9.17) is 0 Å². The monoisotopic (exact) mass is 780 g/mol. The molecule has 0 bridgehead atoms. The van der Waals surface area contributed by atoms with Crippen molar-refractivity contribution in [2.75, 3.05) is 25.5 Å². The third-order valence-electron chi connectivity index (χ3n) is 11.6. The number of likely N-dealkylation sites (N-methyl/N-ethyl adjacent to an activating group) is 1. The van der Waals surface area contributed by atoms with Crippen molar-refractivity contribution in [2.45, 2.75) is 151 Å². The Balaban J connectivity index is 0.000000267. The van der Waals surface area contributed by atoms with Crippen molar-refractivity contribution in [1.82, 2.24) is 9.80 Å². The molecule has 3 amide bonds. The van der Waals surface area contributed by atoms with Crippen LogP contribution in [0.3, 0.4) is 0 Å². The maximum atomic E-state index is 11.7. The molecule has 3 saturated heterocycles. The summed E-state index contributed by atoms with van der Waals surface area (Å²) in [6, 6.07) is 26.4. The minimum atomic E-state index is 0.254. The summed E-state index contributed by atoms with van der Waals surface area (Å²) in [5.41, 5.74) is 7.64. The number of carbonyl (C=O) groups excluding carboxylic acids is 3. The van der Waals surface area contributed by atoms with Crippen molar-refractivity contribution in [2.24, 2.45) is 11.8 Å². The van der Waals surface area contributed by atoms with Crippen molar-refractivity contribution >= 4 is 23.4 Å². The van der Waals surface area contributed by atoms with E-state index in [1.165, 1.54) is 27.8 Å². The highest BCUT2D eigenvalue weighted by molar-refractivity contribution is 5.96. The number of allylic oxidation sites excluding steroid dienone is 1. The highest BCUT2D eigenvalue weighted by atomic mass is 16.2. The summed E-state index contributed by atoms with van der Waals surface area (Å²) in [6.07, 6.45) is 5.96. The quantitative estimate of drug-likeness (QED) is 0.214. The molecule has 6 rings (SSSR count). The van der Waals surface area contributed by atoms with Crippen LogP contribution in [0, 0.1) is 11.8 Å². The molecule has 3 aromatic carbocycles. The fourth-order valence-corrected chi connectivity index (χ4v) is 7.06. The molecule has 3 aliphatic rings. The van der Waals surface area contributed by atoms with E-state index in [-0.39, 0.29) is 23.8 Å². The zero-order valence-corrected chi connectivity index (χ0v) is 38.1. The Morgan fingerprint density at radius 1 is 0.614 bits per heavy atom. The van der Waals surface area contributed by atoms with E-state index in [1.54, 1.807) is 0 Å². The Morgan fingerprint density at radius 2 is 1.05 bits per heavy atom. The third kappa shape index (κ3) is 14.6. The highest BCUT2D eigenvalue weighted by Crippen LogP contribution is 2.32. The summed E-state index contributed by atoms with van der Waals surface area (Å²) in [5, 5.41) is 0. The molecule has 3 aromatic rings. The number of nitrogens with zero attached hydrogens (tertiary/aromatic N) is 3. The van der Waals surface area contributed by atoms with E-state index in [1.807, 2.05) is 48.7 Å². The summed E-state index contributed by atoms with van der Waals surface area (Å²) in [7, 11) is 3.78. The molecule has 0 aliphatic carbocycles. The fraction of sp³-hybridized carbons (Fsp3) is 0.549. The number of hydrogen-bond acceptors (Lipinski definition) is 3. The lowest BCUT2D eigenvalue weighted by Crippen LogP contribution is -2.30. The van der Waals surface area contributed by atoms with E-state index in [0.29, 0.717) is 54.9 Å². The zero-order valence-electron chi connectivity index (χ0n) is 38.1. The second-order valence-electron chi connectivity index (χ2n) is 17.1. The lowest BCUT2D eigenvalue weighted by molar-refractivity contribution is -0.128. The molecule has 0 saturated carbocycles. The largest absolute Gasteiger partial charge is 0.345 e. The molecule has 4 atom stereocenters. The SMILES string of the molecule is C=CC(C)C(C)C.CC.CC(C)c1ccc(C2CC(=O)N(C)C2)cc1.CC(C)c1ccc(C2CCC(=O)N2C)cc1.CC(C)c1ccc(N2C(=O)CCC2C)cc1. The van der Waals surface area contributed by atoms with Crippen LogP contribution in [0.1, 0.15) is 173 Å². The first-order valence-corrected chi connectivity index (χ1v) is 21.7. The van der Waals surface area contributed by atoms with Gasteiger partial charge in [0, 0.05) is 57.5 Å². The van der Waals surface area contributed by atoms with Crippen LogP contribution in [-0.2, 0) is 14.4 Å². The highest BCUT2D eigenvalue weighted by Gasteiger charge is 2.30. The maximum Gasteiger partial charge on any atom is 0.227 e. The number of carbonyl (C=O) groups is 3. The van der Waals surface area contributed by atoms with Gasteiger partial charge in [-0.1, -0.05) is 143 Å². The molecule has 57 heavy (non-hydrogen) atoms. The summed E-state index contributed by atoms with van der Waals surface area (Å²) in [6.45, 7) is 30.4. The number of anilines is 1. The smallest absolute Gasteiger partial charge is 0.227 e. The maximum absolute atomic E-state index is 11.7. The zero-order chi connectivity index (χ0) is 43.0.